The standard InChI is InChI=1S/C12H14N4O/c13-8-9-4-3-6-15-12(9)16-7-2-1-5-10(16)11(14)17/h3-4,6,10H,1-2,5,7H2,(H2,14,17)/t10-/m1/s1. The van der Waals surface area contributed by atoms with E-state index in [1.54, 1.807) is 18.3 Å². The van der Waals surface area contributed by atoms with E-state index < -0.39 is 0 Å². The van der Waals surface area contributed by atoms with Crippen molar-refractivity contribution in [2.24, 2.45) is 5.73 Å². The normalized spacial score (nSPS) is 19.7. The molecule has 0 aliphatic carbocycles. The van der Waals surface area contributed by atoms with Crippen molar-refractivity contribution in [3.8, 4) is 6.07 Å². The Morgan fingerprint density at radius 2 is 2.41 bits per heavy atom. The van der Waals surface area contributed by atoms with Gasteiger partial charge in [-0.2, -0.15) is 5.26 Å². The van der Waals surface area contributed by atoms with Gasteiger partial charge in [0.1, 0.15) is 17.9 Å². The number of carbonyl (C=O) groups excluding carboxylic acids is 1. The van der Waals surface area contributed by atoms with Crippen LogP contribution in [0.4, 0.5) is 5.82 Å². The van der Waals surface area contributed by atoms with Crippen LogP contribution in [0.15, 0.2) is 18.3 Å². The van der Waals surface area contributed by atoms with Crippen LogP contribution in [0, 0.1) is 11.3 Å². The van der Waals surface area contributed by atoms with Crippen LogP contribution in [-0.2, 0) is 4.79 Å². The number of nitrogens with two attached hydrogens (primary N) is 1. The average molecular weight is 230 g/mol. The summed E-state index contributed by atoms with van der Waals surface area (Å²) < 4.78 is 0. The topological polar surface area (TPSA) is 83.0 Å². The number of piperidine rings is 1. The Bertz CT molecular complexity index is 466. The monoisotopic (exact) mass is 230 g/mol. The van der Waals surface area contributed by atoms with E-state index in [1.165, 1.54) is 0 Å². The van der Waals surface area contributed by atoms with Crippen molar-refractivity contribution in [3.63, 3.8) is 0 Å². The molecule has 2 rings (SSSR count). The highest BCUT2D eigenvalue weighted by Crippen LogP contribution is 2.25. The second kappa shape index (κ2) is 4.83. The van der Waals surface area contributed by atoms with Crippen molar-refractivity contribution in [1.82, 2.24) is 4.98 Å². The molecular weight excluding hydrogens is 216 g/mol. The first kappa shape index (κ1) is 11.4. The van der Waals surface area contributed by atoms with Gasteiger partial charge in [-0.25, -0.2) is 4.98 Å². The Morgan fingerprint density at radius 3 is 3.12 bits per heavy atom. The SMILES string of the molecule is N#Cc1cccnc1N1CCCC[C@@H]1C(N)=O. The minimum atomic E-state index is -0.348. The van der Waals surface area contributed by atoms with Crippen LogP contribution in [-0.4, -0.2) is 23.5 Å². The predicted octanol–water partition coefficient (Wildman–Crippen LogP) is 0.797. The molecule has 17 heavy (non-hydrogen) atoms. The summed E-state index contributed by atoms with van der Waals surface area (Å²) in [4.78, 5) is 17.5. The molecule has 88 valence electrons. The quantitative estimate of drug-likeness (QED) is 0.814. The molecule has 0 aromatic carbocycles. The third-order valence-electron chi connectivity index (χ3n) is 3.01. The largest absolute Gasteiger partial charge is 0.368 e. The maximum atomic E-state index is 11.4. The molecule has 1 amide bonds. The van der Waals surface area contributed by atoms with E-state index in [-0.39, 0.29) is 11.9 Å². The number of rotatable bonds is 2. The van der Waals surface area contributed by atoms with Crippen LogP contribution in [0.1, 0.15) is 24.8 Å². The highest BCUT2D eigenvalue weighted by molar-refractivity contribution is 5.84. The Hall–Kier alpha value is -2.09. The van der Waals surface area contributed by atoms with Crippen molar-refractivity contribution in [2.45, 2.75) is 25.3 Å². The van der Waals surface area contributed by atoms with Gasteiger partial charge in [-0.1, -0.05) is 0 Å². The molecule has 1 aromatic rings. The number of nitriles is 1. The van der Waals surface area contributed by atoms with Gasteiger partial charge in [-0.15, -0.1) is 0 Å². The smallest absolute Gasteiger partial charge is 0.240 e. The number of hydrogen-bond donors (Lipinski definition) is 1. The minimum Gasteiger partial charge on any atom is -0.368 e. The van der Waals surface area contributed by atoms with Crippen molar-refractivity contribution < 1.29 is 4.79 Å². The Morgan fingerprint density at radius 1 is 1.59 bits per heavy atom. The molecule has 0 bridgehead atoms. The van der Waals surface area contributed by atoms with Crippen LogP contribution in [0.3, 0.4) is 0 Å². The van der Waals surface area contributed by atoms with E-state index in [0.29, 0.717) is 11.4 Å². The van der Waals surface area contributed by atoms with Gasteiger partial charge >= 0.3 is 0 Å². The minimum absolute atomic E-state index is 0.342. The van der Waals surface area contributed by atoms with E-state index in [2.05, 4.69) is 11.1 Å². The molecule has 2 N–H and O–H groups in total. The fourth-order valence-corrected chi connectivity index (χ4v) is 2.19. The molecule has 1 aliphatic heterocycles. The molecule has 5 nitrogen and oxygen atoms in total. The van der Waals surface area contributed by atoms with Crippen LogP contribution in [0.25, 0.3) is 0 Å². The molecule has 0 radical (unpaired) electrons. The van der Waals surface area contributed by atoms with Crippen molar-refractivity contribution in [2.75, 3.05) is 11.4 Å². The summed E-state index contributed by atoms with van der Waals surface area (Å²) in [7, 11) is 0. The maximum Gasteiger partial charge on any atom is 0.240 e. The van der Waals surface area contributed by atoms with Crippen LogP contribution >= 0.6 is 0 Å². The van der Waals surface area contributed by atoms with Crippen molar-refractivity contribution in [1.29, 1.82) is 5.26 Å². The lowest BCUT2D eigenvalue weighted by Crippen LogP contribution is -2.48. The first-order valence-electron chi connectivity index (χ1n) is 5.65. The number of hydrogen-bond acceptors (Lipinski definition) is 4. The van der Waals surface area contributed by atoms with Gasteiger partial charge in [-0.05, 0) is 31.4 Å². The maximum absolute atomic E-state index is 11.4. The van der Waals surface area contributed by atoms with Gasteiger partial charge in [0.25, 0.3) is 0 Å². The van der Waals surface area contributed by atoms with E-state index in [9.17, 15) is 4.79 Å². The number of nitrogens with zero attached hydrogens (tertiary/aromatic N) is 3. The van der Waals surface area contributed by atoms with E-state index in [4.69, 9.17) is 11.0 Å². The number of carbonyl (C=O) groups is 1. The summed E-state index contributed by atoms with van der Waals surface area (Å²) in [5.74, 6) is 0.220. The number of pyridine rings is 1. The third kappa shape index (κ3) is 2.21. The zero-order valence-corrected chi connectivity index (χ0v) is 9.47. The van der Waals surface area contributed by atoms with Gasteiger partial charge in [0.2, 0.25) is 5.91 Å². The Balaban J connectivity index is 2.36. The van der Waals surface area contributed by atoms with Crippen molar-refractivity contribution in [3.05, 3.63) is 23.9 Å². The van der Waals surface area contributed by atoms with E-state index >= 15 is 0 Å². The number of primary amides is 1. The summed E-state index contributed by atoms with van der Waals surface area (Å²) in [5.41, 5.74) is 5.88. The average Bonchev–Trinajstić information content (AvgIpc) is 2.38. The van der Waals surface area contributed by atoms with Crippen LogP contribution < -0.4 is 10.6 Å². The number of amides is 1. The molecule has 1 aliphatic rings. The first-order chi connectivity index (χ1) is 8.24. The summed E-state index contributed by atoms with van der Waals surface area (Å²) in [6.07, 6.45) is 4.34. The lowest BCUT2D eigenvalue weighted by atomic mass is 10.0. The molecule has 1 atom stereocenters. The first-order valence-corrected chi connectivity index (χ1v) is 5.65. The molecule has 1 aromatic heterocycles. The van der Waals surface area contributed by atoms with Crippen LogP contribution in [0.2, 0.25) is 0 Å². The molecule has 0 spiro atoms. The van der Waals surface area contributed by atoms with E-state index in [1.807, 2.05) is 4.90 Å². The molecule has 1 saturated heterocycles. The van der Waals surface area contributed by atoms with E-state index in [0.717, 1.165) is 25.8 Å². The zero-order chi connectivity index (χ0) is 12.3. The van der Waals surface area contributed by atoms with Gasteiger partial charge in [0.15, 0.2) is 0 Å². The predicted molar refractivity (Wildman–Crippen MR) is 63.1 cm³/mol. The van der Waals surface area contributed by atoms with Crippen molar-refractivity contribution >= 4 is 11.7 Å². The van der Waals surface area contributed by atoms with Gasteiger partial charge in [0, 0.05) is 12.7 Å². The van der Waals surface area contributed by atoms with Gasteiger partial charge in [-0.3, -0.25) is 4.79 Å². The highest BCUT2D eigenvalue weighted by atomic mass is 16.1. The third-order valence-corrected chi connectivity index (χ3v) is 3.01. The lowest BCUT2D eigenvalue weighted by molar-refractivity contribution is -0.119. The van der Waals surface area contributed by atoms with Gasteiger partial charge < -0.3 is 10.6 Å². The zero-order valence-electron chi connectivity index (χ0n) is 9.47. The fourth-order valence-electron chi connectivity index (χ4n) is 2.19. The Kier molecular flexibility index (Phi) is 3.24. The fraction of sp³-hybridized carbons (Fsp3) is 0.417. The molecule has 0 unspecified atom stereocenters. The lowest BCUT2D eigenvalue weighted by Gasteiger charge is -2.34. The molecule has 2 heterocycles. The summed E-state index contributed by atoms with van der Waals surface area (Å²) in [5, 5.41) is 9.04. The van der Waals surface area contributed by atoms with Crippen LogP contribution in [0.5, 0.6) is 0 Å². The second-order valence-corrected chi connectivity index (χ2v) is 4.09. The second-order valence-electron chi connectivity index (χ2n) is 4.09. The highest BCUT2D eigenvalue weighted by Gasteiger charge is 2.29. The molecule has 5 heteroatoms. The molecular formula is C12H14N4O. The number of aromatic nitrogens is 1. The summed E-state index contributed by atoms with van der Waals surface area (Å²) in [6.45, 7) is 0.722. The summed E-state index contributed by atoms with van der Waals surface area (Å²) >= 11 is 0. The number of anilines is 1. The summed E-state index contributed by atoms with van der Waals surface area (Å²) in [6, 6.07) is 5.17. The van der Waals surface area contributed by atoms with Gasteiger partial charge in [0.05, 0.1) is 5.56 Å². The molecule has 1 fully saturated rings. The Labute approximate surface area is 99.9 Å². The molecule has 0 saturated carbocycles.